The zero-order valence-electron chi connectivity index (χ0n) is 23.1. The van der Waals surface area contributed by atoms with Gasteiger partial charge in [0, 0.05) is 12.5 Å². The number of methoxy groups -OCH3 is 1. The quantitative estimate of drug-likeness (QED) is 0.301. The highest BCUT2D eigenvalue weighted by Crippen LogP contribution is 2.35. The molecule has 0 saturated carbocycles. The number of esters is 1. The van der Waals surface area contributed by atoms with E-state index in [0.717, 1.165) is 28.7 Å². The zero-order valence-corrected chi connectivity index (χ0v) is 23.9. The first-order chi connectivity index (χ1) is 18.8. The molecule has 8 heteroatoms. The summed E-state index contributed by atoms with van der Waals surface area (Å²) < 4.78 is 45.9. The molecule has 0 spiro atoms. The van der Waals surface area contributed by atoms with Crippen molar-refractivity contribution in [3.63, 3.8) is 0 Å². The minimum absolute atomic E-state index is 0.160. The van der Waals surface area contributed by atoms with Gasteiger partial charge in [-0.05, 0) is 66.3 Å². The molecule has 39 heavy (non-hydrogen) atoms. The van der Waals surface area contributed by atoms with Crippen molar-refractivity contribution < 1.29 is 27.4 Å². The first kappa shape index (κ1) is 28.6. The smallest absolute Gasteiger partial charge is 0.306 e. The Morgan fingerprint density at radius 3 is 2.49 bits per heavy atom. The molecule has 1 unspecified atom stereocenters. The fourth-order valence-electron chi connectivity index (χ4n) is 5.02. The fourth-order valence-corrected chi connectivity index (χ4v) is 6.59. The van der Waals surface area contributed by atoms with Gasteiger partial charge >= 0.3 is 5.97 Å². The van der Waals surface area contributed by atoms with Crippen LogP contribution in [0, 0.1) is 0 Å². The van der Waals surface area contributed by atoms with Gasteiger partial charge in [-0.2, -0.15) is 4.31 Å². The molecule has 7 nitrogen and oxygen atoms in total. The van der Waals surface area contributed by atoms with Gasteiger partial charge in [0.05, 0.1) is 26.7 Å². The van der Waals surface area contributed by atoms with E-state index in [4.69, 9.17) is 14.2 Å². The van der Waals surface area contributed by atoms with Crippen LogP contribution < -0.4 is 9.47 Å². The third-order valence-electron chi connectivity index (χ3n) is 7.16. The van der Waals surface area contributed by atoms with Crippen LogP contribution in [0.2, 0.25) is 0 Å². The zero-order chi connectivity index (χ0) is 28.0. The number of nitrogens with zero attached hydrogens (tertiary/aromatic N) is 1. The van der Waals surface area contributed by atoms with Gasteiger partial charge in [0.2, 0.25) is 10.0 Å². The first-order valence-corrected chi connectivity index (χ1v) is 14.9. The molecule has 0 radical (unpaired) electrons. The lowest BCUT2D eigenvalue weighted by atomic mass is 9.86. The lowest BCUT2D eigenvalue weighted by Gasteiger charge is -2.25. The number of hydrogen-bond acceptors (Lipinski definition) is 6. The molecule has 0 N–H and O–H groups in total. The van der Waals surface area contributed by atoms with E-state index in [1.165, 1.54) is 4.31 Å². The molecule has 208 valence electrons. The van der Waals surface area contributed by atoms with Crippen LogP contribution in [0.4, 0.5) is 0 Å². The first-order valence-electron chi connectivity index (χ1n) is 13.5. The molecule has 0 bridgehead atoms. The molecule has 4 rings (SSSR count). The molecule has 0 fully saturated rings. The second-order valence-electron chi connectivity index (χ2n) is 9.61. The molecule has 1 aliphatic heterocycles. The maximum Gasteiger partial charge on any atom is 0.306 e. The van der Waals surface area contributed by atoms with Gasteiger partial charge in [-0.25, -0.2) is 8.42 Å². The Hall–Kier alpha value is -3.36. The molecule has 0 amide bonds. The van der Waals surface area contributed by atoms with Gasteiger partial charge < -0.3 is 14.2 Å². The molecule has 3 aromatic carbocycles. The van der Waals surface area contributed by atoms with Crippen molar-refractivity contribution in [2.45, 2.75) is 63.5 Å². The summed E-state index contributed by atoms with van der Waals surface area (Å²) in [5.74, 6) is 0.522. The van der Waals surface area contributed by atoms with Crippen LogP contribution in [-0.2, 0) is 32.5 Å². The van der Waals surface area contributed by atoms with Crippen molar-refractivity contribution in [2.75, 3.05) is 20.3 Å². The summed E-state index contributed by atoms with van der Waals surface area (Å²) in [6, 6.07) is 20.6. The van der Waals surface area contributed by atoms with E-state index in [-0.39, 0.29) is 42.4 Å². The summed E-state index contributed by atoms with van der Waals surface area (Å²) in [7, 11) is -2.18. The number of sulfonamides is 1. The highest BCUT2D eigenvalue weighted by atomic mass is 32.2. The predicted octanol–water partition coefficient (Wildman–Crippen LogP) is 5.70. The number of aryl methyl sites for hydroxylation is 1. The average molecular weight is 552 g/mol. The number of rotatable bonds is 10. The molecule has 0 saturated heterocycles. The van der Waals surface area contributed by atoms with Crippen molar-refractivity contribution >= 4 is 16.0 Å². The van der Waals surface area contributed by atoms with Gasteiger partial charge in [-0.1, -0.05) is 56.3 Å². The fraction of sp³-hybridized carbons (Fsp3) is 0.387. The predicted molar refractivity (Wildman–Crippen MR) is 151 cm³/mol. The normalized spacial score (nSPS) is 17.4. The second kappa shape index (κ2) is 12.7. The van der Waals surface area contributed by atoms with Gasteiger partial charge in [0.25, 0.3) is 0 Å². The number of ether oxygens (including phenoxy) is 3. The summed E-state index contributed by atoms with van der Waals surface area (Å²) in [6.07, 6.45) is 1.33. The Kier molecular flexibility index (Phi) is 9.30. The van der Waals surface area contributed by atoms with Crippen LogP contribution in [0.1, 0.15) is 61.8 Å². The Morgan fingerprint density at radius 2 is 1.77 bits per heavy atom. The van der Waals surface area contributed by atoms with E-state index in [1.54, 1.807) is 38.3 Å². The topological polar surface area (TPSA) is 82.1 Å². The largest absolute Gasteiger partial charge is 0.497 e. The van der Waals surface area contributed by atoms with E-state index in [0.29, 0.717) is 24.5 Å². The molecule has 3 aromatic rings. The van der Waals surface area contributed by atoms with Crippen LogP contribution in [-0.4, -0.2) is 45.1 Å². The van der Waals surface area contributed by atoms with Gasteiger partial charge in [-0.3, -0.25) is 4.79 Å². The summed E-state index contributed by atoms with van der Waals surface area (Å²) in [6.45, 7) is 6.61. The molecule has 1 heterocycles. The molecule has 2 atom stereocenters. The molecule has 1 aliphatic rings. The maximum atomic E-state index is 13.8. The molecular formula is C31H37NO6S. The monoisotopic (exact) mass is 551 g/mol. The average Bonchev–Trinajstić information content (AvgIpc) is 3.05. The molecule has 0 aliphatic carbocycles. The summed E-state index contributed by atoms with van der Waals surface area (Å²) in [4.78, 5) is 12.8. The van der Waals surface area contributed by atoms with Gasteiger partial charge in [0.1, 0.15) is 22.5 Å². The Balaban J connectivity index is 1.76. The number of carbonyl (C=O) groups excluding carboxylic acids is 1. The maximum absolute atomic E-state index is 13.8. The Bertz CT molecular complexity index is 1400. The lowest BCUT2D eigenvalue weighted by Crippen LogP contribution is -2.36. The van der Waals surface area contributed by atoms with Crippen molar-refractivity contribution in [2.24, 2.45) is 0 Å². The van der Waals surface area contributed by atoms with E-state index >= 15 is 0 Å². The van der Waals surface area contributed by atoms with E-state index in [9.17, 15) is 13.2 Å². The standard InChI is InChI=1S/C31H37NO6S/c1-5-22-15-16-24(28(19-31(33)37-7-3)23-11-10-12-27(18-23)36-4)17-25(22)20-32-21-26(6-2)38-29-13-8-9-14-30(29)39(32,34)35/h8-18,26,28H,5-7,19-21H2,1-4H3/t26-,28?/m1/s1. The van der Waals surface area contributed by atoms with Crippen molar-refractivity contribution in [3.8, 4) is 11.5 Å². The van der Waals surface area contributed by atoms with Gasteiger partial charge in [0.15, 0.2) is 0 Å². The lowest BCUT2D eigenvalue weighted by molar-refractivity contribution is -0.143. The third kappa shape index (κ3) is 6.45. The van der Waals surface area contributed by atoms with Crippen LogP contribution in [0.5, 0.6) is 11.5 Å². The summed E-state index contributed by atoms with van der Waals surface area (Å²) >= 11 is 0. The minimum Gasteiger partial charge on any atom is -0.497 e. The van der Waals surface area contributed by atoms with Crippen LogP contribution in [0.15, 0.2) is 71.6 Å². The van der Waals surface area contributed by atoms with Crippen LogP contribution in [0.3, 0.4) is 0 Å². The van der Waals surface area contributed by atoms with E-state index in [2.05, 4.69) is 6.92 Å². The van der Waals surface area contributed by atoms with E-state index in [1.807, 2.05) is 49.4 Å². The number of carbonyl (C=O) groups is 1. The number of benzene rings is 3. The van der Waals surface area contributed by atoms with Crippen molar-refractivity contribution in [3.05, 3.63) is 89.0 Å². The molecule has 0 aromatic heterocycles. The SMILES string of the molecule is CCOC(=O)CC(c1cccc(OC)c1)c1ccc(CC)c(CN2C[C@@H](CC)Oc3ccccc3S2(=O)=O)c1. The highest BCUT2D eigenvalue weighted by Gasteiger charge is 2.34. The Morgan fingerprint density at radius 1 is 1.00 bits per heavy atom. The van der Waals surface area contributed by atoms with E-state index < -0.39 is 10.0 Å². The Labute approximate surface area is 231 Å². The van der Waals surface area contributed by atoms with Gasteiger partial charge in [-0.15, -0.1) is 0 Å². The molecular weight excluding hydrogens is 514 g/mol. The number of para-hydroxylation sites is 1. The number of hydrogen-bond donors (Lipinski definition) is 0. The highest BCUT2D eigenvalue weighted by molar-refractivity contribution is 7.89. The summed E-state index contributed by atoms with van der Waals surface area (Å²) in [5, 5.41) is 0. The number of fused-ring (bicyclic) bond motifs is 1. The minimum atomic E-state index is -3.79. The third-order valence-corrected chi connectivity index (χ3v) is 9.01. The van der Waals surface area contributed by atoms with Crippen molar-refractivity contribution in [1.82, 2.24) is 4.31 Å². The van der Waals surface area contributed by atoms with Crippen LogP contribution in [0.25, 0.3) is 0 Å². The second-order valence-corrected chi connectivity index (χ2v) is 11.5. The van der Waals surface area contributed by atoms with Crippen LogP contribution >= 0.6 is 0 Å². The van der Waals surface area contributed by atoms with Crippen molar-refractivity contribution in [1.29, 1.82) is 0 Å². The summed E-state index contributed by atoms with van der Waals surface area (Å²) in [5.41, 5.74) is 3.80.